The summed E-state index contributed by atoms with van der Waals surface area (Å²) in [5.41, 5.74) is 0.729. The van der Waals surface area contributed by atoms with Gasteiger partial charge in [-0.05, 0) is 30.2 Å². The summed E-state index contributed by atoms with van der Waals surface area (Å²) in [6, 6.07) is 5.22. The van der Waals surface area contributed by atoms with Crippen molar-refractivity contribution in [3.63, 3.8) is 0 Å². The first-order valence-corrected chi connectivity index (χ1v) is 10.7. The second-order valence-electron chi connectivity index (χ2n) is 8.42. The molecule has 180 valence electrons. The Balaban J connectivity index is 1.40. The standard InChI is InChI=1S/C23H23F4N5O2/c1-15(31-7-4-23(26,27)20(12-31)17-2-5-32(34)6-3-17)22(33)29-21-13-30(14-28-21)11-16-8-18(24)10-19(25)9-16/h2-3,5-6,8-10,13-15,20H,4,7,11-12H2,1H3,(H,29,33). The Morgan fingerprint density at radius 3 is 2.62 bits per heavy atom. The van der Waals surface area contributed by atoms with Crippen LogP contribution in [0.3, 0.4) is 0 Å². The highest BCUT2D eigenvalue weighted by Gasteiger charge is 2.46. The number of aromatic nitrogens is 3. The molecule has 1 aromatic carbocycles. The first-order chi connectivity index (χ1) is 16.1. The molecule has 1 amide bonds. The van der Waals surface area contributed by atoms with E-state index >= 15 is 0 Å². The smallest absolute Gasteiger partial charge is 0.257 e. The van der Waals surface area contributed by atoms with Crippen LogP contribution in [0.4, 0.5) is 23.4 Å². The monoisotopic (exact) mass is 477 g/mol. The number of carbonyl (C=O) groups is 1. The van der Waals surface area contributed by atoms with Crippen LogP contribution < -0.4 is 10.0 Å². The second kappa shape index (κ2) is 9.41. The molecule has 3 aromatic rings. The summed E-state index contributed by atoms with van der Waals surface area (Å²) < 4.78 is 58.1. The zero-order chi connectivity index (χ0) is 24.5. The van der Waals surface area contributed by atoms with Gasteiger partial charge in [0.25, 0.3) is 5.92 Å². The van der Waals surface area contributed by atoms with E-state index in [4.69, 9.17) is 0 Å². The molecule has 2 aromatic heterocycles. The molecule has 11 heteroatoms. The van der Waals surface area contributed by atoms with E-state index < -0.39 is 41.8 Å². The van der Waals surface area contributed by atoms with Gasteiger partial charge in [0, 0.05) is 50.5 Å². The summed E-state index contributed by atoms with van der Waals surface area (Å²) in [6.45, 7) is 1.76. The average Bonchev–Trinajstić information content (AvgIpc) is 3.19. The number of piperidine rings is 1. The Kier molecular flexibility index (Phi) is 6.56. The number of pyridine rings is 1. The third-order valence-corrected chi connectivity index (χ3v) is 5.99. The summed E-state index contributed by atoms with van der Waals surface area (Å²) >= 11 is 0. The maximum absolute atomic E-state index is 14.6. The van der Waals surface area contributed by atoms with E-state index in [1.165, 1.54) is 49.2 Å². The van der Waals surface area contributed by atoms with Gasteiger partial charge in [-0.25, -0.2) is 22.5 Å². The fourth-order valence-corrected chi connectivity index (χ4v) is 4.10. The zero-order valence-corrected chi connectivity index (χ0v) is 18.3. The van der Waals surface area contributed by atoms with Crippen molar-refractivity contribution in [3.05, 3.63) is 83.2 Å². The summed E-state index contributed by atoms with van der Waals surface area (Å²) in [7, 11) is 0. The first-order valence-electron chi connectivity index (χ1n) is 10.7. The number of anilines is 1. The number of carbonyl (C=O) groups excluding carboxylic acids is 1. The van der Waals surface area contributed by atoms with Gasteiger partial charge < -0.3 is 15.1 Å². The van der Waals surface area contributed by atoms with Crippen molar-refractivity contribution in [1.29, 1.82) is 0 Å². The Morgan fingerprint density at radius 2 is 1.94 bits per heavy atom. The Hall–Kier alpha value is -3.47. The van der Waals surface area contributed by atoms with E-state index in [0.29, 0.717) is 15.9 Å². The van der Waals surface area contributed by atoms with Crippen LogP contribution in [-0.4, -0.2) is 45.4 Å². The lowest BCUT2D eigenvalue weighted by Gasteiger charge is -2.40. The quantitative estimate of drug-likeness (QED) is 0.336. The molecule has 1 saturated heterocycles. The van der Waals surface area contributed by atoms with Gasteiger partial charge in [-0.3, -0.25) is 9.69 Å². The SMILES string of the molecule is CC(C(=O)Nc1cn(Cc2cc(F)cc(F)c2)cn1)N1CCC(F)(F)C(c2cc[n+]([O-])cc2)C1. The molecule has 0 spiro atoms. The Morgan fingerprint density at radius 1 is 1.26 bits per heavy atom. The lowest BCUT2D eigenvalue weighted by molar-refractivity contribution is -0.605. The number of hydrogen-bond donors (Lipinski definition) is 1. The summed E-state index contributed by atoms with van der Waals surface area (Å²) in [5.74, 6) is -5.68. The second-order valence-corrected chi connectivity index (χ2v) is 8.42. The number of rotatable bonds is 6. The highest BCUT2D eigenvalue weighted by Crippen LogP contribution is 2.40. The van der Waals surface area contributed by atoms with Gasteiger partial charge in [-0.2, -0.15) is 4.73 Å². The van der Waals surface area contributed by atoms with Gasteiger partial charge in [-0.15, -0.1) is 0 Å². The van der Waals surface area contributed by atoms with Crippen LogP contribution in [0.5, 0.6) is 0 Å². The summed E-state index contributed by atoms with van der Waals surface area (Å²) in [5, 5.41) is 13.9. The molecule has 34 heavy (non-hydrogen) atoms. The Bertz CT molecular complexity index is 1150. The molecule has 0 aliphatic carbocycles. The largest absolute Gasteiger partial charge is 0.619 e. The number of nitrogens with zero attached hydrogens (tertiary/aromatic N) is 4. The van der Waals surface area contributed by atoms with Crippen LogP contribution in [0.2, 0.25) is 0 Å². The minimum Gasteiger partial charge on any atom is -0.619 e. The third-order valence-electron chi connectivity index (χ3n) is 5.99. The van der Waals surface area contributed by atoms with E-state index in [1.807, 2.05) is 0 Å². The summed E-state index contributed by atoms with van der Waals surface area (Å²) in [6.07, 6.45) is 4.87. The molecule has 1 fully saturated rings. The van der Waals surface area contributed by atoms with Gasteiger partial charge in [0.05, 0.1) is 18.3 Å². The Labute approximate surface area is 193 Å². The van der Waals surface area contributed by atoms with Crippen molar-refractivity contribution < 1.29 is 27.1 Å². The number of imidazole rings is 1. The molecule has 3 heterocycles. The topological polar surface area (TPSA) is 77.1 Å². The number of benzene rings is 1. The normalized spacial score (nSPS) is 19.0. The number of hydrogen-bond acceptors (Lipinski definition) is 4. The van der Waals surface area contributed by atoms with Crippen molar-refractivity contribution in [2.75, 3.05) is 18.4 Å². The van der Waals surface area contributed by atoms with Gasteiger partial charge in [0.1, 0.15) is 11.6 Å². The van der Waals surface area contributed by atoms with Gasteiger partial charge in [-0.1, -0.05) is 0 Å². The number of nitrogens with one attached hydrogen (secondary N) is 1. The molecule has 1 N–H and O–H groups in total. The molecule has 4 rings (SSSR count). The van der Waals surface area contributed by atoms with Gasteiger partial charge in [0.15, 0.2) is 18.2 Å². The lowest BCUT2D eigenvalue weighted by atomic mass is 9.87. The third kappa shape index (κ3) is 5.36. The van der Waals surface area contributed by atoms with Crippen LogP contribution in [0.1, 0.15) is 30.4 Å². The van der Waals surface area contributed by atoms with Crippen LogP contribution in [0.15, 0.2) is 55.2 Å². The molecule has 0 radical (unpaired) electrons. The number of amides is 1. The number of likely N-dealkylation sites (tertiary alicyclic amines) is 1. The van der Waals surface area contributed by atoms with Crippen LogP contribution in [0.25, 0.3) is 0 Å². The average molecular weight is 477 g/mol. The van der Waals surface area contributed by atoms with Crippen molar-refractivity contribution in [1.82, 2.24) is 14.5 Å². The minimum absolute atomic E-state index is 0.0338. The fourth-order valence-electron chi connectivity index (χ4n) is 4.10. The maximum Gasteiger partial charge on any atom is 0.257 e. The zero-order valence-electron chi connectivity index (χ0n) is 18.3. The molecular weight excluding hydrogens is 454 g/mol. The maximum atomic E-state index is 14.6. The van der Waals surface area contributed by atoms with Crippen LogP contribution in [-0.2, 0) is 11.3 Å². The van der Waals surface area contributed by atoms with Gasteiger partial charge in [0.2, 0.25) is 5.91 Å². The van der Waals surface area contributed by atoms with Crippen LogP contribution >= 0.6 is 0 Å². The van der Waals surface area contributed by atoms with E-state index in [2.05, 4.69) is 10.3 Å². The van der Waals surface area contributed by atoms with Crippen molar-refractivity contribution in [3.8, 4) is 0 Å². The number of halogens is 4. The predicted molar refractivity (Wildman–Crippen MR) is 115 cm³/mol. The van der Waals surface area contributed by atoms with E-state index in [9.17, 15) is 27.6 Å². The minimum atomic E-state index is -2.96. The highest BCUT2D eigenvalue weighted by atomic mass is 19.3. The molecule has 0 bridgehead atoms. The van der Waals surface area contributed by atoms with E-state index in [0.717, 1.165) is 6.07 Å². The number of alkyl halides is 2. The molecule has 2 unspecified atom stereocenters. The first kappa shape index (κ1) is 23.7. The van der Waals surface area contributed by atoms with Crippen molar-refractivity contribution >= 4 is 11.7 Å². The lowest BCUT2D eigenvalue weighted by Crippen LogP contribution is -2.52. The highest BCUT2D eigenvalue weighted by molar-refractivity contribution is 5.93. The molecule has 1 aliphatic heterocycles. The molecule has 1 aliphatic rings. The fraction of sp³-hybridized carbons (Fsp3) is 0.348. The van der Waals surface area contributed by atoms with Gasteiger partial charge >= 0.3 is 0 Å². The molecular formula is C23H23F4N5O2. The van der Waals surface area contributed by atoms with Crippen molar-refractivity contribution in [2.24, 2.45) is 0 Å². The summed E-state index contributed by atoms with van der Waals surface area (Å²) in [4.78, 5) is 18.5. The van der Waals surface area contributed by atoms with Crippen LogP contribution in [0, 0.1) is 16.8 Å². The molecule has 2 atom stereocenters. The molecule has 7 nitrogen and oxygen atoms in total. The van der Waals surface area contributed by atoms with Crippen molar-refractivity contribution in [2.45, 2.75) is 37.8 Å². The molecule has 0 saturated carbocycles. The van der Waals surface area contributed by atoms with E-state index in [1.54, 1.807) is 16.4 Å². The van der Waals surface area contributed by atoms with E-state index in [-0.39, 0.29) is 25.5 Å². The predicted octanol–water partition coefficient (Wildman–Crippen LogP) is 3.29.